The van der Waals surface area contributed by atoms with Crippen LogP contribution < -0.4 is 10.2 Å². The minimum Gasteiger partial charge on any atom is -0.365 e. The summed E-state index contributed by atoms with van der Waals surface area (Å²) in [7, 11) is 0. The molecular formula is C19H24N2. The van der Waals surface area contributed by atoms with Crippen LogP contribution in [0.25, 0.3) is 11.1 Å². The average Bonchev–Trinajstić information content (AvgIpc) is 2.55. The lowest BCUT2D eigenvalue weighted by Gasteiger charge is -2.41. The van der Waals surface area contributed by atoms with Gasteiger partial charge in [0.1, 0.15) is 0 Å². The Bertz CT molecular complexity index is 579. The molecule has 0 saturated carbocycles. The minimum atomic E-state index is 0.539. The Kier molecular flexibility index (Phi) is 4.26. The third-order valence-electron chi connectivity index (χ3n) is 4.38. The molecule has 1 N–H and O–H groups in total. The highest BCUT2D eigenvalue weighted by molar-refractivity contribution is 5.79. The molecule has 0 aliphatic carbocycles. The molecule has 0 spiro atoms. The molecule has 110 valence electrons. The molecule has 2 unspecified atom stereocenters. The van der Waals surface area contributed by atoms with Crippen LogP contribution in [0, 0.1) is 0 Å². The van der Waals surface area contributed by atoms with E-state index in [9.17, 15) is 0 Å². The second-order valence-corrected chi connectivity index (χ2v) is 5.91. The van der Waals surface area contributed by atoms with E-state index in [0.29, 0.717) is 12.1 Å². The first kappa shape index (κ1) is 14.2. The number of anilines is 1. The van der Waals surface area contributed by atoms with Gasteiger partial charge in [0.2, 0.25) is 0 Å². The molecule has 2 aromatic carbocycles. The highest BCUT2D eigenvalue weighted by Crippen LogP contribution is 2.33. The normalized spacial score (nSPS) is 22.3. The van der Waals surface area contributed by atoms with Gasteiger partial charge in [-0.1, -0.05) is 55.5 Å². The second-order valence-electron chi connectivity index (χ2n) is 5.91. The van der Waals surface area contributed by atoms with E-state index in [0.717, 1.165) is 13.1 Å². The van der Waals surface area contributed by atoms with Crippen molar-refractivity contribution in [2.24, 2.45) is 0 Å². The van der Waals surface area contributed by atoms with E-state index in [1.165, 1.54) is 23.2 Å². The van der Waals surface area contributed by atoms with Gasteiger partial charge in [-0.2, -0.15) is 0 Å². The lowest BCUT2D eigenvalue weighted by atomic mass is 9.99. The summed E-state index contributed by atoms with van der Waals surface area (Å²) >= 11 is 0. The molecule has 1 heterocycles. The maximum atomic E-state index is 3.60. The first-order chi connectivity index (χ1) is 10.3. The Balaban J connectivity index is 2.01. The maximum Gasteiger partial charge on any atom is 0.0449 e. The van der Waals surface area contributed by atoms with Gasteiger partial charge < -0.3 is 10.2 Å². The van der Waals surface area contributed by atoms with Crippen LogP contribution >= 0.6 is 0 Å². The summed E-state index contributed by atoms with van der Waals surface area (Å²) in [6.07, 6.45) is 1.17. The van der Waals surface area contributed by atoms with Crippen molar-refractivity contribution in [2.45, 2.75) is 32.4 Å². The SMILES string of the molecule is CCC1CNC(C)CN1c1ccccc1-c1ccccc1. The Morgan fingerprint density at radius 3 is 2.52 bits per heavy atom. The average molecular weight is 280 g/mol. The van der Waals surface area contributed by atoms with Crippen LogP contribution in [-0.4, -0.2) is 25.2 Å². The van der Waals surface area contributed by atoms with E-state index < -0.39 is 0 Å². The summed E-state index contributed by atoms with van der Waals surface area (Å²) in [6, 6.07) is 20.6. The number of nitrogens with zero attached hydrogens (tertiary/aromatic N) is 1. The van der Waals surface area contributed by atoms with E-state index in [4.69, 9.17) is 0 Å². The zero-order valence-electron chi connectivity index (χ0n) is 12.9. The number of hydrogen-bond acceptors (Lipinski definition) is 2. The van der Waals surface area contributed by atoms with Gasteiger partial charge in [-0.15, -0.1) is 0 Å². The van der Waals surface area contributed by atoms with Gasteiger partial charge in [-0.05, 0) is 25.0 Å². The molecule has 0 radical (unpaired) electrons. The molecule has 2 heteroatoms. The van der Waals surface area contributed by atoms with Crippen LogP contribution in [0.1, 0.15) is 20.3 Å². The number of benzene rings is 2. The number of para-hydroxylation sites is 1. The smallest absolute Gasteiger partial charge is 0.0449 e. The van der Waals surface area contributed by atoms with Crippen molar-refractivity contribution < 1.29 is 0 Å². The minimum absolute atomic E-state index is 0.539. The third-order valence-corrected chi connectivity index (χ3v) is 4.38. The molecule has 1 aliphatic rings. The number of piperazine rings is 1. The molecule has 1 aliphatic heterocycles. The molecule has 0 aromatic heterocycles. The van der Waals surface area contributed by atoms with Crippen LogP contribution in [0.2, 0.25) is 0 Å². The fraction of sp³-hybridized carbons (Fsp3) is 0.368. The van der Waals surface area contributed by atoms with E-state index in [1.54, 1.807) is 0 Å². The van der Waals surface area contributed by atoms with E-state index in [1.807, 2.05) is 0 Å². The molecule has 2 aromatic rings. The maximum absolute atomic E-state index is 3.60. The lowest BCUT2D eigenvalue weighted by molar-refractivity contribution is 0.402. The summed E-state index contributed by atoms with van der Waals surface area (Å²) in [4.78, 5) is 2.59. The topological polar surface area (TPSA) is 15.3 Å². The van der Waals surface area contributed by atoms with Gasteiger partial charge in [0.05, 0.1) is 0 Å². The van der Waals surface area contributed by atoms with Crippen LogP contribution in [-0.2, 0) is 0 Å². The van der Waals surface area contributed by atoms with Gasteiger partial charge in [0, 0.05) is 36.4 Å². The van der Waals surface area contributed by atoms with Crippen molar-refractivity contribution in [2.75, 3.05) is 18.0 Å². The molecule has 0 bridgehead atoms. The van der Waals surface area contributed by atoms with E-state index in [2.05, 4.69) is 78.7 Å². The summed E-state index contributed by atoms with van der Waals surface area (Å²) in [5, 5.41) is 3.60. The van der Waals surface area contributed by atoms with Crippen molar-refractivity contribution in [3.05, 3.63) is 54.6 Å². The number of hydrogen-bond donors (Lipinski definition) is 1. The zero-order valence-corrected chi connectivity index (χ0v) is 12.9. The monoisotopic (exact) mass is 280 g/mol. The predicted molar refractivity (Wildman–Crippen MR) is 90.8 cm³/mol. The van der Waals surface area contributed by atoms with Crippen molar-refractivity contribution in [1.82, 2.24) is 5.32 Å². The molecule has 2 nitrogen and oxygen atoms in total. The Hall–Kier alpha value is -1.80. The second kappa shape index (κ2) is 6.31. The molecule has 1 saturated heterocycles. The van der Waals surface area contributed by atoms with Crippen molar-refractivity contribution in [3.8, 4) is 11.1 Å². The molecule has 1 fully saturated rings. The largest absolute Gasteiger partial charge is 0.365 e. The van der Waals surface area contributed by atoms with Gasteiger partial charge in [0.25, 0.3) is 0 Å². The molecule has 21 heavy (non-hydrogen) atoms. The Labute approximate surface area is 127 Å². The standard InChI is InChI=1S/C19H24N2/c1-3-17-13-20-15(2)14-21(17)19-12-8-7-11-18(19)16-9-5-4-6-10-16/h4-12,15,17,20H,3,13-14H2,1-2H3. The van der Waals surface area contributed by atoms with Gasteiger partial charge in [-0.3, -0.25) is 0 Å². The lowest BCUT2D eigenvalue weighted by Crippen LogP contribution is -2.55. The fourth-order valence-corrected chi connectivity index (χ4v) is 3.20. The number of nitrogens with one attached hydrogen (secondary N) is 1. The highest BCUT2D eigenvalue weighted by Gasteiger charge is 2.26. The van der Waals surface area contributed by atoms with E-state index >= 15 is 0 Å². The van der Waals surface area contributed by atoms with Crippen LogP contribution in [0.3, 0.4) is 0 Å². The van der Waals surface area contributed by atoms with E-state index in [-0.39, 0.29) is 0 Å². The van der Waals surface area contributed by atoms with Gasteiger partial charge in [0.15, 0.2) is 0 Å². The predicted octanol–water partition coefficient (Wildman–Crippen LogP) is 3.93. The summed E-state index contributed by atoms with van der Waals surface area (Å²) in [5.74, 6) is 0. The zero-order chi connectivity index (χ0) is 14.7. The number of rotatable bonds is 3. The fourth-order valence-electron chi connectivity index (χ4n) is 3.20. The van der Waals surface area contributed by atoms with Gasteiger partial charge >= 0.3 is 0 Å². The first-order valence-electron chi connectivity index (χ1n) is 7.94. The Morgan fingerprint density at radius 2 is 1.76 bits per heavy atom. The molecule has 3 rings (SSSR count). The third kappa shape index (κ3) is 2.96. The molecular weight excluding hydrogens is 256 g/mol. The van der Waals surface area contributed by atoms with Gasteiger partial charge in [-0.25, -0.2) is 0 Å². The molecule has 0 amide bonds. The Morgan fingerprint density at radius 1 is 1.05 bits per heavy atom. The van der Waals surface area contributed by atoms with Crippen LogP contribution in [0.15, 0.2) is 54.6 Å². The summed E-state index contributed by atoms with van der Waals surface area (Å²) in [5.41, 5.74) is 4.00. The highest BCUT2D eigenvalue weighted by atomic mass is 15.2. The summed E-state index contributed by atoms with van der Waals surface area (Å²) < 4.78 is 0. The summed E-state index contributed by atoms with van der Waals surface area (Å²) in [6.45, 7) is 6.69. The first-order valence-corrected chi connectivity index (χ1v) is 7.94. The van der Waals surface area contributed by atoms with Crippen LogP contribution in [0.5, 0.6) is 0 Å². The molecule has 2 atom stereocenters. The van der Waals surface area contributed by atoms with Crippen LogP contribution in [0.4, 0.5) is 5.69 Å². The van der Waals surface area contributed by atoms with Crippen molar-refractivity contribution >= 4 is 5.69 Å². The van der Waals surface area contributed by atoms with Crippen molar-refractivity contribution in [3.63, 3.8) is 0 Å². The quantitative estimate of drug-likeness (QED) is 0.916. The van der Waals surface area contributed by atoms with Crippen molar-refractivity contribution in [1.29, 1.82) is 0 Å².